The molecule has 1 heterocycles. The number of esters is 2. The van der Waals surface area contributed by atoms with E-state index in [9.17, 15) is 14.4 Å². The van der Waals surface area contributed by atoms with Crippen molar-refractivity contribution in [2.24, 2.45) is 0 Å². The predicted octanol–water partition coefficient (Wildman–Crippen LogP) is 3.62. The Balaban J connectivity index is 2.16. The van der Waals surface area contributed by atoms with E-state index >= 15 is 0 Å². The van der Waals surface area contributed by atoms with Gasteiger partial charge in [0, 0.05) is 17.0 Å². The van der Waals surface area contributed by atoms with E-state index in [0.29, 0.717) is 28.5 Å². The zero-order valence-electron chi connectivity index (χ0n) is 19.0. The number of aryl methyl sites for hydroxylation is 1. The van der Waals surface area contributed by atoms with E-state index in [0.717, 1.165) is 10.4 Å². The molecule has 174 valence electrons. The summed E-state index contributed by atoms with van der Waals surface area (Å²) in [6.45, 7) is 5.15. The predicted molar refractivity (Wildman–Crippen MR) is 119 cm³/mol. The van der Waals surface area contributed by atoms with Crippen LogP contribution in [0.4, 0.5) is 5.00 Å². The summed E-state index contributed by atoms with van der Waals surface area (Å²) in [7, 11) is 4.29. The largest absolute Gasteiger partial charge is 0.496 e. The van der Waals surface area contributed by atoms with Crippen molar-refractivity contribution in [3.05, 3.63) is 33.7 Å². The van der Waals surface area contributed by atoms with Crippen molar-refractivity contribution >= 4 is 34.2 Å². The minimum absolute atomic E-state index is 0.0744. The van der Waals surface area contributed by atoms with Crippen LogP contribution in [0.1, 0.15) is 45.0 Å². The van der Waals surface area contributed by atoms with E-state index in [1.165, 1.54) is 44.8 Å². The van der Waals surface area contributed by atoms with Gasteiger partial charge in [0.15, 0.2) is 18.1 Å². The average Bonchev–Trinajstić information content (AvgIpc) is 3.10. The van der Waals surface area contributed by atoms with Gasteiger partial charge in [0.1, 0.15) is 16.3 Å². The van der Waals surface area contributed by atoms with Crippen molar-refractivity contribution in [2.45, 2.75) is 27.2 Å². The van der Waals surface area contributed by atoms with Gasteiger partial charge in [0.05, 0.1) is 33.5 Å². The van der Waals surface area contributed by atoms with Crippen molar-refractivity contribution in [1.29, 1.82) is 0 Å². The molecule has 9 nitrogen and oxygen atoms in total. The first-order valence-electron chi connectivity index (χ1n) is 9.87. The van der Waals surface area contributed by atoms with Crippen LogP contribution < -0.4 is 19.5 Å². The van der Waals surface area contributed by atoms with Crippen molar-refractivity contribution in [2.75, 3.05) is 39.9 Å². The summed E-state index contributed by atoms with van der Waals surface area (Å²) in [6, 6.07) is 2.90. The molecule has 1 N–H and O–H groups in total. The summed E-state index contributed by atoms with van der Waals surface area (Å²) in [5.41, 5.74) is 1.22. The zero-order chi connectivity index (χ0) is 23.8. The molecule has 0 bridgehead atoms. The minimum Gasteiger partial charge on any atom is -0.496 e. The van der Waals surface area contributed by atoms with E-state index in [2.05, 4.69) is 5.32 Å². The van der Waals surface area contributed by atoms with Crippen molar-refractivity contribution in [1.82, 2.24) is 0 Å². The molecule has 1 amide bonds. The van der Waals surface area contributed by atoms with E-state index in [1.807, 2.05) is 13.8 Å². The summed E-state index contributed by atoms with van der Waals surface area (Å²) in [6.07, 6.45) is 0.612. The van der Waals surface area contributed by atoms with Crippen LogP contribution in [0.3, 0.4) is 0 Å². The van der Waals surface area contributed by atoms with Crippen molar-refractivity contribution in [3.8, 4) is 17.2 Å². The van der Waals surface area contributed by atoms with Gasteiger partial charge in [-0.3, -0.25) is 4.79 Å². The molecule has 0 unspecified atom stereocenters. The Morgan fingerprint density at radius 2 is 1.53 bits per heavy atom. The first-order chi connectivity index (χ1) is 15.3. The number of nitrogens with one attached hydrogen (secondary N) is 1. The molecule has 0 aliphatic heterocycles. The number of anilines is 1. The lowest BCUT2D eigenvalue weighted by atomic mass is 10.1. The monoisotopic (exact) mass is 465 g/mol. The number of methoxy groups -OCH3 is 3. The van der Waals surface area contributed by atoms with Crippen molar-refractivity contribution < 1.29 is 38.1 Å². The molecule has 0 spiro atoms. The number of thiophene rings is 1. The molecule has 2 rings (SSSR count). The minimum atomic E-state index is -0.778. The Bertz CT molecular complexity index is 998. The highest BCUT2D eigenvalue weighted by Crippen LogP contribution is 2.35. The summed E-state index contributed by atoms with van der Waals surface area (Å²) in [4.78, 5) is 38.3. The third-order valence-electron chi connectivity index (χ3n) is 4.55. The van der Waals surface area contributed by atoms with Crippen LogP contribution in [0.15, 0.2) is 12.1 Å². The maximum Gasteiger partial charge on any atom is 0.342 e. The molecule has 10 heteroatoms. The van der Waals surface area contributed by atoms with Crippen LogP contribution in [0, 0.1) is 6.92 Å². The van der Waals surface area contributed by atoms with E-state index in [4.69, 9.17) is 23.7 Å². The van der Waals surface area contributed by atoms with Crippen LogP contribution in [0.5, 0.6) is 17.2 Å². The summed E-state index contributed by atoms with van der Waals surface area (Å²) < 4.78 is 25.9. The van der Waals surface area contributed by atoms with Gasteiger partial charge >= 0.3 is 11.9 Å². The van der Waals surface area contributed by atoms with Gasteiger partial charge in [0.2, 0.25) is 0 Å². The van der Waals surface area contributed by atoms with Gasteiger partial charge in [0.25, 0.3) is 5.91 Å². The molecule has 0 aliphatic carbocycles. The molecule has 1 aromatic carbocycles. The van der Waals surface area contributed by atoms with Crippen LogP contribution in [0.25, 0.3) is 0 Å². The highest BCUT2D eigenvalue weighted by molar-refractivity contribution is 7.16. The number of hydrogen-bond acceptors (Lipinski definition) is 9. The third kappa shape index (κ3) is 5.50. The molecule has 2 aromatic rings. The standard InChI is InChI=1S/C22H27NO8S/c1-7-13-12(3)32-20(19(13)22(26)30-8-2)23-18(24)11-31-21(25)14-9-16(28-5)17(29-6)10-15(14)27-4/h9-10H,7-8,11H2,1-6H3,(H,23,24). The molecular weight excluding hydrogens is 438 g/mol. The van der Waals surface area contributed by atoms with Crippen molar-refractivity contribution in [3.63, 3.8) is 0 Å². The first kappa shape index (κ1) is 25.0. The van der Waals surface area contributed by atoms with E-state index in [-0.39, 0.29) is 17.9 Å². The smallest absolute Gasteiger partial charge is 0.342 e. The Morgan fingerprint density at radius 3 is 2.09 bits per heavy atom. The van der Waals surface area contributed by atoms with E-state index in [1.54, 1.807) is 6.92 Å². The normalized spacial score (nSPS) is 10.3. The second kappa shape index (κ2) is 11.4. The lowest BCUT2D eigenvalue weighted by Gasteiger charge is -2.13. The van der Waals surface area contributed by atoms with Gasteiger partial charge in [-0.1, -0.05) is 6.92 Å². The molecule has 0 saturated carbocycles. The fraction of sp³-hybridized carbons (Fsp3) is 0.409. The van der Waals surface area contributed by atoms with E-state index < -0.39 is 24.5 Å². The zero-order valence-corrected chi connectivity index (χ0v) is 19.8. The van der Waals surface area contributed by atoms with Gasteiger partial charge < -0.3 is 29.0 Å². The second-order valence-corrected chi connectivity index (χ2v) is 7.67. The maximum absolute atomic E-state index is 12.6. The number of amides is 1. The van der Waals surface area contributed by atoms with Crippen LogP contribution in [-0.2, 0) is 20.7 Å². The number of ether oxygens (including phenoxy) is 5. The molecule has 0 radical (unpaired) electrons. The van der Waals surface area contributed by atoms with Crippen LogP contribution in [0.2, 0.25) is 0 Å². The molecule has 0 atom stereocenters. The highest BCUT2D eigenvalue weighted by Gasteiger charge is 2.24. The van der Waals surface area contributed by atoms with Gasteiger partial charge in [-0.2, -0.15) is 0 Å². The van der Waals surface area contributed by atoms with Gasteiger partial charge in [-0.05, 0) is 25.8 Å². The average molecular weight is 466 g/mol. The number of rotatable bonds is 10. The fourth-order valence-corrected chi connectivity index (χ4v) is 4.22. The van der Waals surface area contributed by atoms with Crippen LogP contribution >= 0.6 is 11.3 Å². The highest BCUT2D eigenvalue weighted by atomic mass is 32.1. The molecule has 0 aliphatic rings. The Morgan fingerprint density at radius 1 is 0.906 bits per heavy atom. The number of benzene rings is 1. The molecular formula is C22H27NO8S. The molecule has 1 aromatic heterocycles. The Labute approximate surface area is 190 Å². The fourth-order valence-electron chi connectivity index (χ4n) is 3.07. The van der Waals surface area contributed by atoms with Crippen LogP contribution in [-0.4, -0.2) is 52.4 Å². The van der Waals surface area contributed by atoms with Gasteiger partial charge in [-0.25, -0.2) is 9.59 Å². The summed E-state index contributed by atoms with van der Waals surface area (Å²) in [5.74, 6) is -0.975. The second-order valence-electron chi connectivity index (χ2n) is 6.45. The first-order valence-corrected chi connectivity index (χ1v) is 10.7. The lowest BCUT2D eigenvalue weighted by Crippen LogP contribution is -2.22. The summed E-state index contributed by atoms with van der Waals surface area (Å²) in [5, 5.41) is 3.01. The molecule has 0 fully saturated rings. The summed E-state index contributed by atoms with van der Waals surface area (Å²) >= 11 is 1.27. The quantitative estimate of drug-likeness (QED) is 0.530. The maximum atomic E-state index is 12.6. The Kier molecular flexibility index (Phi) is 8.89. The topological polar surface area (TPSA) is 109 Å². The Hall–Kier alpha value is -3.27. The van der Waals surface area contributed by atoms with Gasteiger partial charge in [-0.15, -0.1) is 11.3 Å². The SMILES string of the molecule is CCOC(=O)c1c(NC(=O)COC(=O)c2cc(OC)c(OC)cc2OC)sc(C)c1CC. The molecule has 0 saturated heterocycles. The number of carbonyl (C=O) groups excluding carboxylic acids is 3. The third-order valence-corrected chi connectivity index (χ3v) is 5.62. The number of hydrogen-bond donors (Lipinski definition) is 1. The lowest BCUT2D eigenvalue weighted by molar-refractivity contribution is -0.119. The molecule has 32 heavy (non-hydrogen) atoms. The number of carbonyl (C=O) groups is 3.